The van der Waals surface area contributed by atoms with Crippen LogP contribution in [0.15, 0.2) is 56.7 Å². The molecule has 2 rings (SSSR count). The molecular formula is C16H18BrClN2O4S2. The summed E-state index contributed by atoms with van der Waals surface area (Å²) >= 11 is 9.28. The van der Waals surface area contributed by atoms with E-state index >= 15 is 0 Å². The Kier molecular flexibility index (Phi) is 6.73. The number of anilines is 1. The van der Waals surface area contributed by atoms with Gasteiger partial charge in [0.25, 0.3) is 10.0 Å². The number of benzene rings is 2. The van der Waals surface area contributed by atoms with Crippen LogP contribution in [0.25, 0.3) is 0 Å². The fourth-order valence-corrected chi connectivity index (χ4v) is 5.92. The van der Waals surface area contributed by atoms with E-state index in [1.807, 2.05) is 0 Å². The molecule has 0 aliphatic rings. The number of hydrogen-bond donors (Lipinski definition) is 1. The fraction of sp³-hybridized carbons (Fsp3) is 0.250. The Morgan fingerprint density at radius 1 is 1.04 bits per heavy atom. The van der Waals surface area contributed by atoms with E-state index in [1.54, 1.807) is 26.0 Å². The first-order valence-electron chi connectivity index (χ1n) is 7.70. The van der Waals surface area contributed by atoms with Gasteiger partial charge in [-0.25, -0.2) is 16.8 Å². The molecule has 1 N–H and O–H groups in total. The summed E-state index contributed by atoms with van der Waals surface area (Å²) in [5.41, 5.74) is 0.111. The molecule has 0 saturated heterocycles. The Morgan fingerprint density at radius 3 is 2.27 bits per heavy atom. The van der Waals surface area contributed by atoms with Crippen molar-refractivity contribution in [3.8, 4) is 0 Å². The smallest absolute Gasteiger partial charge is 0.261 e. The van der Waals surface area contributed by atoms with Crippen LogP contribution in [0.3, 0.4) is 0 Å². The molecule has 0 amide bonds. The second-order valence-corrected chi connectivity index (χ2v) is 10.2. The SMILES string of the molecule is CCN(CC)S(=O)(=O)c1cc(NS(=O)(=O)c2cccc(Br)c2)ccc1Cl. The lowest BCUT2D eigenvalue weighted by atomic mass is 10.3. The molecule has 0 aliphatic carbocycles. The molecule has 2 aromatic carbocycles. The van der Waals surface area contributed by atoms with E-state index in [9.17, 15) is 16.8 Å². The van der Waals surface area contributed by atoms with E-state index < -0.39 is 20.0 Å². The maximum Gasteiger partial charge on any atom is 0.261 e. The summed E-state index contributed by atoms with van der Waals surface area (Å²) in [6, 6.07) is 10.2. The lowest BCUT2D eigenvalue weighted by Crippen LogP contribution is -2.30. The van der Waals surface area contributed by atoms with Crippen molar-refractivity contribution < 1.29 is 16.8 Å². The average molecular weight is 482 g/mol. The summed E-state index contributed by atoms with van der Waals surface area (Å²) < 4.78 is 54.7. The summed E-state index contributed by atoms with van der Waals surface area (Å²) in [5.74, 6) is 0. The van der Waals surface area contributed by atoms with Crippen LogP contribution in [0, 0.1) is 0 Å². The summed E-state index contributed by atoms with van der Waals surface area (Å²) in [6.45, 7) is 4.00. The monoisotopic (exact) mass is 480 g/mol. The van der Waals surface area contributed by atoms with Crippen LogP contribution < -0.4 is 4.72 Å². The third-order valence-corrected chi connectivity index (χ3v) is 8.02. The van der Waals surface area contributed by atoms with Gasteiger partial charge in [0, 0.05) is 17.6 Å². The lowest BCUT2D eigenvalue weighted by Gasteiger charge is -2.20. The predicted molar refractivity (Wildman–Crippen MR) is 107 cm³/mol. The lowest BCUT2D eigenvalue weighted by molar-refractivity contribution is 0.445. The van der Waals surface area contributed by atoms with Gasteiger partial charge in [-0.05, 0) is 36.4 Å². The highest BCUT2D eigenvalue weighted by Gasteiger charge is 2.25. The molecule has 0 fully saturated rings. The molecule has 0 radical (unpaired) electrons. The van der Waals surface area contributed by atoms with Gasteiger partial charge in [-0.3, -0.25) is 4.72 Å². The first-order valence-corrected chi connectivity index (χ1v) is 11.8. The van der Waals surface area contributed by atoms with Gasteiger partial charge in [0.1, 0.15) is 4.90 Å². The first kappa shape index (κ1) is 21.2. The van der Waals surface area contributed by atoms with Crippen molar-refractivity contribution in [2.24, 2.45) is 0 Å². The largest absolute Gasteiger partial charge is 0.280 e. The Hall–Kier alpha value is -1.13. The second kappa shape index (κ2) is 8.26. The number of rotatable bonds is 7. The van der Waals surface area contributed by atoms with Crippen molar-refractivity contribution in [1.82, 2.24) is 4.31 Å². The molecule has 0 aliphatic heterocycles. The minimum atomic E-state index is -3.87. The van der Waals surface area contributed by atoms with E-state index in [-0.39, 0.29) is 33.6 Å². The van der Waals surface area contributed by atoms with Crippen molar-refractivity contribution in [3.63, 3.8) is 0 Å². The zero-order valence-corrected chi connectivity index (χ0v) is 18.1. The topological polar surface area (TPSA) is 83.6 Å². The molecule has 6 nitrogen and oxygen atoms in total. The molecule has 0 spiro atoms. The zero-order chi connectivity index (χ0) is 19.5. The van der Waals surface area contributed by atoms with Crippen molar-refractivity contribution in [2.45, 2.75) is 23.6 Å². The maximum atomic E-state index is 12.7. The minimum Gasteiger partial charge on any atom is -0.280 e. The zero-order valence-electron chi connectivity index (χ0n) is 14.1. The molecule has 0 bridgehead atoms. The maximum absolute atomic E-state index is 12.7. The molecule has 0 aromatic heterocycles. The van der Waals surface area contributed by atoms with Crippen molar-refractivity contribution in [2.75, 3.05) is 17.8 Å². The summed E-state index contributed by atoms with van der Waals surface area (Å²) in [5, 5.41) is 0.0299. The molecular weight excluding hydrogens is 464 g/mol. The number of sulfonamides is 2. The predicted octanol–water partition coefficient (Wildman–Crippen LogP) is 3.93. The molecule has 10 heteroatoms. The minimum absolute atomic E-state index is 0.0299. The molecule has 26 heavy (non-hydrogen) atoms. The highest BCUT2D eigenvalue weighted by molar-refractivity contribution is 9.10. The molecule has 0 saturated carbocycles. The van der Waals surface area contributed by atoms with Gasteiger partial charge in [0.15, 0.2) is 0 Å². The van der Waals surface area contributed by atoms with Crippen LogP contribution in [0.2, 0.25) is 5.02 Å². The summed E-state index contributed by atoms with van der Waals surface area (Å²) in [4.78, 5) is -0.0905. The first-order chi connectivity index (χ1) is 12.1. The normalized spacial score (nSPS) is 12.3. The van der Waals surface area contributed by atoms with Crippen molar-refractivity contribution >= 4 is 53.3 Å². The van der Waals surface area contributed by atoms with Gasteiger partial charge in [0.05, 0.1) is 15.6 Å². The average Bonchev–Trinajstić information content (AvgIpc) is 2.57. The molecule has 0 atom stereocenters. The summed E-state index contributed by atoms with van der Waals surface area (Å²) in [7, 11) is -7.70. The van der Waals surface area contributed by atoms with Gasteiger partial charge in [-0.2, -0.15) is 4.31 Å². The quantitative estimate of drug-likeness (QED) is 0.649. The number of nitrogens with zero attached hydrogens (tertiary/aromatic N) is 1. The van der Waals surface area contributed by atoms with Crippen LogP contribution in [-0.4, -0.2) is 34.2 Å². The molecule has 2 aromatic rings. The highest BCUT2D eigenvalue weighted by Crippen LogP contribution is 2.29. The van der Waals surface area contributed by atoms with Gasteiger partial charge < -0.3 is 0 Å². The fourth-order valence-electron chi connectivity index (χ4n) is 2.32. The van der Waals surface area contributed by atoms with Crippen LogP contribution >= 0.6 is 27.5 Å². The van der Waals surface area contributed by atoms with E-state index in [0.717, 1.165) is 0 Å². The third kappa shape index (κ3) is 4.58. The van der Waals surface area contributed by atoms with E-state index in [4.69, 9.17) is 11.6 Å². The molecule has 142 valence electrons. The van der Waals surface area contributed by atoms with E-state index in [2.05, 4.69) is 20.7 Å². The van der Waals surface area contributed by atoms with Crippen molar-refractivity contribution in [1.29, 1.82) is 0 Å². The molecule has 0 unspecified atom stereocenters. The van der Waals surface area contributed by atoms with Crippen molar-refractivity contribution in [3.05, 3.63) is 52.0 Å². The Labute approximate surface area is 167 Å². The van der Waals surface area contributed by atoms with Crippen LogP contribution in [0.5, 0.6) is 0 Å². The highest BCUT2D eigenvalue weighted by atomic mass is 79.9. The van der Waals surface area contributed by atoms with Gasteiger partial charge in [-0.1, -0.05) is 47.4 Å². The van der Waals surface area contributed by atoms with Gasteiger partial charge in [0.2, 0.25) is 10.0 Å². The Morgan fingerprint density at radius 2 is 1.69 bits per heavy atom. The second-order valence-electron chi connectivity index (χ2n) is 5.30. The van der Waals surface area contributed by atoms with E-state index in [0.29, 0.717) is 4.47 Å². The van der Waals surface area contributed by atoms with Crippen LogP contribution in [0.4, 0.5) is 5.69 Å². The van der Waals surface area contributed by atoms with Gasteiger partial charge >= 0.3 is 0 Å². The van der Waals surface area contributed by atoms with E-state index in [1.165, 1.54) is 34.6 Å². The van der Waals surface area contributed by atoms with Crippen LogP contribution in [-0.2, 0) is 20.0 Å². The number of halogens is 2. The Balaban J connectivity index is 2.44. The number of nitrogens with one attached hydrogen (secondary N) is 1. The van der Waals surface area contributed by atoms with Crippen LogP contribution in [0.1, 0.15) is 13.8 Å². The standard InChI is InChI=1S/C16H18BrClN2O4S2/c1-3-20(4-2)26(23,24)16-11-13(8-9-15(16)18)19-25(21,22)14-7-5-6-12(17)10-14/h5-11,19H,3-4H2,1-2H3. The number of hydrogen-bond acceptors (Lipinski definition) is 4. The molecule has 0 heterocycles. The summed E-state index contributed by atoms with van der Waals surface area (Å²) in [6.07, 6.45) is 0. The Bertz CT molecular complexity index is 1010. The van der Waals surface area contributed by atoms with Gasteiger partial charge in [-0.15, -0.1) is 0 Å². The third-order valence-electron chi connectivity index (χ3n) is 3.61.